The van der Waals surface area contributed by atoms with Crippen LogP contribution in [0.3, 0.4) is 0 Å². The highest BCUT2D eigenvalue weighted by Crippen LogP contribution is 2.38. The number of likely N-dealkylation sites (N-methyl/N-ethyl adjacent to an activating group) is 1. The molecule has 0 bridgehead atoms. The van der Waals surface area contributed by atoms with Gasteiger partial charge in [0.2, 0.25) is 0 Å². The van der Waals surface area contributed by atoms with Crippen molar-refractivity contribution in [3.05, 3.63) is 24.3 Å². The van der Waals surface area contributed by atoms with Crippen molar-refractivity contribution in [2.45, 2.75) is 174 Å². The zero-order chi connectivity index (χ0) is 37.2. The lowest BCUT2D eigenvalue weighted by Crippen LogP contribution is -2.37. The molecule has 2 atom stereocenters. The minimum absolute atomic E-state index is 0.0318. The SMILES string of the molecule is CCCC/C=C/CCCCCCCCCCCC(=O)OC[C@H](COP(=O)([O-])OCC[N+](C)(C)C)OC(=O)CCCCCCC/C=C/CCCC. The molecule has 0 aliphatic heterocycles. The predicted molar refractivity (Wildman–Crippen MR) is 204 cm³/mol. The number of phosphoric acid groups is 1. The monoisotopic (exact) mass is 730 g/mol. The van der Waals surface area contributed by atoms with Gasteiger partial charge in [-0.3, -0.25) is 14.2 Å². The number of nitrogens with zero attached hydrogens (tertiary/aromatic N) is 1. The molecule has 50 heavy (non-hydrogen) atoms. The lowest BCUT2D eigenvalue weighted by atomic mass is 10.1. The van der Waals surface area contributed by atoms with Gasteiger partial charge in [0.05, 0.1) is 27.7 Å². The molecule has 294 valence electrons. The second-order valence-electron chi connectivity index (χ2n) is 14.6. The lowest BCUT2D eigenvalue weighted by molar-refractivity contribution is -0.870. The maximum Gasteiger partial charge on any atom is 0.306 e. The first-order valence-corrected chi connectivity index (χ1v) is 21.5. The summed E-state index contributed by atoms with van der Waals surface area (Å²) in [5.74, 6) is -0.848. The third-order valence-corrected chi connectivity index (χ3v) is 9.41. The highest BCUT2D eigenvalue weighted by molar-refractivity contribution is 7.45. The first-order chi connectivity index (χ1) is 24.0. The van der Waals surface area contributed by atoms with Gasteiger partial charge in [0.25, 0.3) is 7.82 Å². The van der Waals surface area contributed by atoms with Crippen LogP contribution in [0.2, 0.25) is 0 Å². The number of unbranched alkanes of at least 4 members (excludes halogenated alkanes) is 18. The molecule has 0 aliphatic carbocycles. The van der Waals surface area contributed by atoms with E-state index in [1.54, 1.807) is 0 Å². The molecule has 0 aliphatic rings. The van der Waals surface area contributed by atoms with Crippen LogP contribution in [0, 0.1) is 0 Å². The van der Waals surface area contributed by atoms with E-state index in [1.807, 2.05) is 21.1 Å². The molecule has 0 aromatic rings. The lowest BCUT2D eigenvalue weighted by Gasteiger charge is -2.28. The quantitative estimate of drug-likeness (QED) is 0.0206. The van der Waals surface area contributed by atoms with Crippen LogP contribution in [-0.2, 0) is 32.7 Å². The van der Waals surface area contributed by atoms with Crippen molar-refractivity contribution in [3.8, 4) is 0 Å². The molecule has 0 aromatic heterocycles. The summed E-state index contributed by atoms with van der Waals surface area (Å²) in [4.78, 5) is 37.3. The Kier molecular flexibility index (Phi) is 32.3. The van der Waals surface area contributed by atoms with Gasteiger partial charge in [-0.2, -0.15) is 0 Å². The summed E-state index contributed by atoms with van der Waals surface area (Å²) in [6.07, 6.45) is 33.4. The molecule has 0 saturated carbocycles. The molecule has 0 radical (unpaired) electrons. The van der Waals surface area contributed by atoms with Gasteiger partial charge in [-0.15, -0.1) is 0 Å². The summed E-state index contributed by atoms with van der Waals surface area (Å²) in [5.41, 5.74) is 0. The summed E-state index contributed by atoms with van der Waals surface area (Å²) in [6.45, 7) is 4.13. The van der Waals surface area contributed by atoms with Crippen LogP contribution < -0.4 is 4.89 Å². The van der Waals surface area contributed by atoms with E-state index in [4.69, 9.17) is 18.5 Å². The van der Waals surface area contributed by atoms with Gasteiger partial charge >= 0.3 is 11.9 Å². The molecule has 0 fully saturated rings. The second kappa shape index (κ2) is 33.3. The fourth-order valence-electron chi connectivity index (χ4n) is 5.20. The Morgan fingerprint density at radius 3 is 1.48 bits per heavy atom. The fourth-order valence-corrected chi connectivity index (χ4v) is 5.93. The average molecular weight is 730 g/mol. The zero-order valence-corrected chi connectivity index (χ0v) is 33.7. The minimum Gasteiger partial charge on any atom is -0.756 e. The van der Waals surface area contributed by atoms with Gasteiger partial charge < -0.3 is 27.9 Å². The van der Waals surface area contributed by atoms with Crippen LogP contribution in [0.4, 0.5) is 0 Å². The number of ether oxygens (including phenoxy) is 2. The number of phosphoric ester groups is 1. The number of esters is 2. The molecule has 0 spiro atoms. The Morgan fingerprint density at radius 1 is 0.600 bits per heavy atom. The van der Waals surface area contributed by atoms with E-state index in [-0.39, 0.29) is 32.0 Å². The molecule has 0 heterocycles. The molecule has 10 heteroatoms. The maximum atomic E-state index is 12.6. The Hall–Kier alpha value is -1.51. The van der Waals surface area contributed by atoms with Gasteiger partial charge in [0, 0.05) is 12.8 Å². The summed E-state index contributed by atoms with van der Waals surface area (Å²) in [6, 6.07) is 0. The van der Waals surface area contributed by atoms with Crippen LogP contribution >= 0.6 is 7.82 Å². The smallest absolute Gasteiger partial charge is 0.306 e. The largest absolute Gasteiger partial charge is 0.756 e. The van der Waals surface area contributed by atoms with Crippen molar-refractivity contribution in [3.63, 3.8) is 0 Å². The van der Waals surface area contributed by atoms with Gasteiger partial charge in [0.15, 0.2) is 6.10 Å². The van der Waals surface area contributed by atoms with E-state index in [1.165, 1.54) is 77.0 Å². The first-order valence-electron chi connectivity index (χ1n) is 20.0. The maximum absolute atomic E-state index is 12.6. The number of carbonyl (C=O) groups is 2. The van der Waals surface area contributed by atoms with Gasteiger partial charge in [-0.05, 0) is 51.4 Å². The highest BCUT2D eigenvalue weighted by atomic mass is 31.2. The van der Waals surface area contributed by atoms with Crippen molar-refractivity contribution in [1.82, 2.24) is 0 Å². The van der Waals surface area contributed by atoms with E-state index >= 15 is 0 Å². The second-order valence-corrected chi connectivity index (χ2v) is 16.1. The molecule has 0 aromatic carbocycles. The average Bonchev–Trinajstić information content (AvgIpc) is 3.06. The molecule has 0 saturated heterocycles. The third kappa shape index (κ3) is 36.3. The number of quaternary nitrogens is 1. The Morgan fingerprint density at radius 2 is 1.02 bits per heavy atom. The summed E-state index contributed by atoms with van der Waals surface area (Å²) in [5, 5.41) is 0. The summed E-state index contributed by atoms with van der Waals surface area (Å²) in [7, 11) is 1.16. The van der Waals surface area contributed by atoms with Crippen molar-refractivity contribution < 1.29 is 42.1 Å². The van der Waals surface area contributed by atoms with Gasteiger partial charge in [0.1, 0.15) is 19.8 Å². The van der Waals surface area contributed by atoms with Crippen molar-refractivity contribution >= 4 is 19.8 Å². The topological polar surface area (TPSA) is 111 Å². The standard InChI is InChI=1S/C40H76NO8P/c1-6-8-10-12-14-16-18-19-20-21-23-24-26-28-30-32-39(42)46-36-38(37-48-50(44,45)47-35-34-41(3,4)5)49-40(43)33-31-29-27-25-22-17-15-13-11-9-7-2/h12-15,38H,6-11,16-37H2,1-5H3/b14-12+,15-13+/t38-/m1/s1. The van der Waals surface area contributed by atoms with Crippen LogP contribution in [0.25, 0.3) is 0 Å². The number of hydrogen-bond donors (Lipinski definition) is 0. The number of hydrogen-bond acceptors (Lipinski definition) is 8. The summed E-state index contributed by atoms with van der Waals surface area (Å²) < 4.78 is 33.8. The Labute approximate surface area is 307 Å². The van der Waals surface area contributed by atoms with Crippen molar-refractivity contribution in [2.24, 2.45) is 0 Å². The minimum atomic E-state index is -4.62. The first kappa shape index (κ1) is 48.5. The van der Waals surface area contributed by atoms with E-state index in [9.17, 15) is 19.0 Å². The van der Waals surface area contributed by atoms with Crippen LogP contribution in [0.1, 0.15) is 168 Å². The molecule has 1 unspecified atom stereocenters. The number of allylic oxidation sites excluding steroid dienone is 4. The number of rotatable bonds is 36. The molecule has 0 rings (SSSR count). The molecule has 0 amide bonds. The Bertz CT molecular complexity index is 918. The van der Waals surface area contributed by atoms with E-state index in [0.717, 1.165) is 57.8 Å². The van der Waals surface area contributed by atoms with Gasteiger partial charge in [-0.1, -0.05) is 128 Å². The molecular weight excluding hydrogens is 653 g/mol. The zero-order valence-electron chi connectivity index (χ0n) is 32.8. The van der Waals surface area contributed by atoms with E-state index in [2.05, 4.69) is 38.2 Å². The molecular formula is C40H76NO8P. The molecule has 9 nitrogen and oxygen atoms in total. The third-order valence-electron chi connectivity index (χ3n) is 8.44. The van der Waals surface area contributed by atoms with Crippen molar-refractivity contribution in [1.29, 1.82) is 0 Å². The number of carbonyl (C=O) groups excluding carboxylic acids is 2. The predicted octanol–water partition coefficient (Wildman–Crippen LogP) is 10.2. The van der Waals surface area contributed by atoms with Crippen LogP contribution in [0.5, 0.6) is 0 Å². The fraction of sp³-hybridized carbons (Fsp3) is 0.850. The highest BCUT2D eigenvalue weighted by Gasteiger charge is 2.21. The van der Waals surface area contributed by atoms with E-state index in [0.29, 0.717) is 17.4 Å². The molecule has 0 N–H and O–H groups in total. The summed E-state index contributed by atoms with van der Waals surface area (Å²) >= 11 is 0. The van der Waals surface area contributed by atoms with Gasteiger partial charge in [-0.25, -0.2) is 0 Å². The van der Waals surface area contributed by atoms with Crippen LogP contribution in [0.15, 0.2) is 24.3 Å². The van der Waals surface area contributed by atoms with Crippen LogP contribution in [-0.4, -0.2) is 70.0 Å². The van der Waals surface area contributed by atoms with Crippen molar-refractivity contribution in [2.75, 3.05) is 47.5 Å². The van der Waals surface area contributed by atoms with E-state index < -0.39 is 26.5 Å². The Balaban J connectivity index is 4.39. The normalized spacial score (nSPS) is 14.0.